The SMILES string of the molecule is CCC(Oc1ccc2c(c1)C(=O)N(C1CCC(=O)NC1=O)C2=O)C(=O)O. The zero-order valence-electron chi connectivity index (χ0n) is 13.9. The number of carboxylic acids is 1. The normalized spacial score (nSPS) is 20.7. The molecule has 3 rings (SSSR count). The fraction of sp³-hybridized carbons (Fsp3) is 0.353. The lowest BCUT2D eigenvalue weighted by molar-refractivity contribution is -0.145. The largest absolute Gasteiger partial charge is 0.479 e. The van der Waals surface area contributed by atoms with Crippen molar-refractivity contribution in [2.45, 2.75) is 38.3 Å². The molecule has 9 heteroatoms. The molecule has 2 atom stereocenters. The van der Waals surface area contributed by atoms with Crippen molar-refractivity contribution in [1.82, 2.24) is 10.2 Å². The second kappa shape index (κ2) is 6.58. The summed E-state index contributed by atoms with van der Waals surface area (Å²) in [6.07, 6.45) is -0.751. The van der Waals surface area contributed by atoms with Crippen molar-refractivity contribution in [3.05, 3.63) is 29.3 Å². The quantitative estimate of drug-likeness (QED) is 0.724. The molecule has 2 unspecified atom stereocenters. The summed E-state index contributed by atoms with van der Waals surface area (Å²) in [7, 11) is 0. The standard InChI is InChI=1S/C17H16N2O7/c1-2-12(17(24)25)26-8-3-4-9-10(7-8)16(23)19(15(9)22)11-5-6-13(20)18-14(11)21/h3-4,7,11-12H,2,5-6H2,1H3,(H,24,25)(H,18,20,21). The third kappa shape index (κ3) is 2.92. The number of benzene rings is 1. The zero-order valence-corrected chi connectivity index (χ0v) is 13.9. The van der Waals surface area contributed by atoms with Crippen LogP contribution in [0.25, 0.3) is 0 Å². The Morgan fingerprint density at radius 1 is 1.27 bits per heavy atom. The second-order valence-corrected chi connectivity index (χ2v) is 6.01. The van der Waals surface area contributed by atoms with Gasteiger partial charge in [-0.3, -0.25) is 29.4 Å². The van der Waals surface area contributed by atoms with Gasteiger partial charge in [-0.25, -0.2) is 4.79 Å². The Labute approximate surface area is 147 Å². The smallest absolute Gasteiger partial charge is 0.344 e. The van der Waals surface area contributed by atoms with Crippen LogP contribution >= 0.6 is 0 Å². The Hall–Kier alpha value is -3.23. The van der Waals surface area contributed by atoms with Crippen LogP contribution in [0, 0.1) is 0 Å². The number of nitrogens with zero attached hydrogens (tertiary/aromatic N) is 1. The first-order valence-electron chi connectivity index (χ1n) is 8.08. The van der Waals surface area contributed by atoms with E-state index in [-0.39, 0.29) is 36.1 Å². The number of carboxylic acid groups (broad SMARTS) is 1. The van der Waals surface area contributed by atoms with Gasteiger partial charge in [0.1, 0.15) is 11.8 Å². The number of carbonyl (C=O) groups excluding carboxylic acids is 4. The number of rotatable bonds is 5. The first-order chi connectivity index (χ1) is 12.3. The van der Waals surface area contributed by atoms with E-state index in [2.05, 4.69) is 5.32 Å². The molecule has 0 saturated carbocycles. The van der Waals surface area contributed by atoms with E-state index in [0.717, 1.165) is 4.90 Å². The molecule has 136 valence electrons. The van der Waals surface area contributed by atoms with Crippen LogP contribution in [-0.4, -0.2) is 51.8 Å². The van der Waals surface area contributed by atoms with Crippen molar-refractivity contribution in [3.63, 3.8) is 0 Å². The zero-order chi connectivity index (χ0) is 19.0. The van der Waals surface area contributed by atoms with Gasteiger partial charge in [-0.15, -0.1) is 0 Å². The Morgan fingerprint density at radius 3 is 2.58 bits per heavy atom. The minimum atomic E-state index is -1.14. The van der Waals surface area contributed by atoms with Gasteiger partial charge < -0.3 is 9.84 Å². The highest BCUT2D eigenvalue weighted by Crippen LogP contribution is 2.30. The van der Waals surface area contributed by atoms with Crippen LogP contribution in [0.3, 0.4) is 0 Å². The molecule has 2 heterocycles. The van der Waals surface area contributed by atoms with Crippen molar-refractivity contribution in [2.24, 2.45) is 0 Å². The number of ether oxygens (including phenoxy) is 1. The fourth-order valence-corrected chi connectivity index (χ4v) is 3.00. The van der Waals surface area contributed by atoms with Crippen LogP contribution in [0.2, 0.25) is 0 Å². The molecule has 0 aliphatic carbocycles. The summed E-state index contributed by atoms with van der Waals surface area (Å²) in [5.74, 6) is -3.43. The number of piperidine rings is 1. The monoisotopic (exact) mass is 360 g/mol. The van der Waals surface area contributed by atoms with E-state index in [4.69, 9.17) is 9.84 Å². The summed E-state index contributed by atoms with van der Waals surface area (Å²) in [6.45, 7) is 1.64. The van der Waals surface area contributed by atoms with Crippen LogP contribution in [-0.2, 0) is 14.4 Å². The van der Waals surface area contributed by atoms with E-state index >= 15 is 0 Å². The predicted octanol–water partition coefficient (Wildman–Crippen LogP) is 0.330. The highest BCUT2D eigenvalue weighted by atomic mass is 16.5. The number of amides is 4. The van der Waals surface area contributed by atoms with Gasteiger partial charge in [0.15, 0.2) is 6.10 Å². The van der Waals surface area contributed by atoms with Crippen LogP contribution < -0.4 is 10.1 Å². The predicted molar refractivity (Wildman–Crippen MR) is 85.5 cm³/mol. The van der Waals surface area contributed by atoms with Crippen LogP contribution in [0.4, 0.5) is 0 Å². The first kappa shape index (κ1) is 17.6. The number of carbonyl (C=O) groups is 5. The summed E-state index contributed by atoms with van der Waals surface area (Å²) < 4.78 is 5.34. The molecule has 0 aromatic heterocycles. The maximum atomic E-state index is 12.6. The highest BCUT2D eigenvalue weighted by Gasteiger charge is 2.44. The summed E-state index contributed by atoms with van der Waals surface area (Å²) in [5, 5.41) is 11.2. The average Bonchev–Trinajstić information content (AvgIpc) is 2.84. The number of aliphatic carboxylic acids is 1. The summed E-state index contributed by atoms with van der Waals surface area (Å²) in [6, 6.07) is 3.02. The molecule has 9 nitrogen and oxygen atoms in total. The van der Waals surface area contributed by atoms with Gasteiger partial charge in [0.05, 0.1) is 11.1 Å². The van der Waals surface area contributed by atoms with E-state index in [1.807, 2.05) is 0 Å². The number of hydrogen-bond donors (Lipinski definition) is 2. The molecule has 1 saturated heterocycles. The van der Waals surface area contributed by atoms with E-state index in [1.165, 1.54) is 18.2 Å². The van der Waals surface area contributed by atoms with Gasteiger partial charge in [-0.1, -0.05) is 6.92 Å². The van der Waals surface area contributed by atoms with Crippen molar-refractivity contribution in [3.8, 4) is 5.75 Å². The van der Waals surface area contributed by atoms with Crippen LogP contribution in [0.15, 0.2) is 18.2 Å². The molecule has 1 aromatic rings. The Kier molecular flexibility index (Phi) is 4.45. The minimum absolute atomic E-state index is 0.0367. The molecule has 0 radical (unpaired) electrons. The molecule has 1 fully saturated rings. The third-order valence-corrected chi connectivity index (χ3v) is 4.34. The fourth-order valence-electron chi connectivity index (χ4n) is 3.00. The van der Waals surface area contributed by atoms with Crippen molar-refractivity contribution >= 4 is 29.6 Å². The molecule has 2 N–H and O–H groups in total. The Balaban J connectivity index is 1.87. The molecule has 1 aromatic carbocycles. The number of fused-ring (bicyclic) bond motifs is 1. The maximum Gasteiger partial charge on any atom is 0.344 e. The Morgan fingerprint density at radius 2 is 1.96 bits per heavy atom. The third-order valence-electron chi connectivity index (χ3n) is 4.34. The highest BCUT2D eigenvalue weighted by molar-refractivity contribution is 6.23. The molecule has 4 amide bonds. The summed E-state index contributed by atoms with van der Waals surface area (Å²) in [4.78, 5) is 60.4. The van der Waals surface area contributed by atoms with Gasteiger partial charge in [-0.2, -0.15) is 0 Å². The van der Waals surface area contributed by atoms with Gasteiger partial charge in [-0.05, 0) is 31.0 Å². The lowest BCUT2D eigenvalue weighted by Gasteiger charge is -2.27. The van der Waals surface area contributed by atoms with Gasteiger partial charge >= 0.3 is 5.97 Å². The molecule has 0 bridgehead atoms. The van der Waals surface area contributed by atoms with Crippen molar-refractivity contribution in [2.75, 3.05) is 0 Å². The number of hydrogen-bond acceptors (Lipinski definition) is 6. The summed E-state index contributed by atoms with van der Waals surface area (Å²) in [5.41, 5.74) is 0.146. The maximum absolute atomic E-state index is 12.6. The molecular weight excluding hydrogens is 344 g/mol. The second-order valence-electron chi connectivity index (χ2n) is 6.01. The van der Waals surface area contributed by atoms with Crippen LogP contribution in [0.5, 0.6) is 5.75 Å². The lowest BCUT2D eigenvalue weighted by Crippen LogP contribution is -2.54. The van der Waals surface area contributed by atoms with Gasteiger partial charge in [0, 0.05) is 6.42 Å². The topological polar surface area (TPSA) is 130 Å². The van der Waals surface area contributed by atoms with Crippen molar-refractivity contribution in [1.29, 1.82) is 0 Å². The summed E-state index contributed by atoms with van der Waals surface area (Å²) >= 11 is 0. The van der Waals surface area contributed by atoms with Gasteiger partial charge in [0.25, 0.3) is 11.8 Å². The molecule has 2 aliphatic heterocycles. The molecule has 26 heavy (non-hydrogen) atoms. The average molecular weight is 360 g/mol. The van der Waals surface area contributed by atoms with E-state index in [1.54, 1.807) is 6.92 Å². The van der Waals surface area contributed by atoms with E-state index in [0.29, 0.717) is 0 Å². The Bertz CT molecular complexity index is 832. The number of imide groups is 2. The molecular formula is C17H16N2O7. The number of nitrogens with one attached hydrogen (secondary N) is 1. The molecule has 2 aliphatic rings. The lowest BCUT2D eigenvalue weighted by atomic mass is 10.0. The first-order valence-corrected chi connectivity index (χ1v) is 8.08. The molecule has 0 spiro atoms. The van der Waals surface area contributed by atoms with Gasteiger partial charge in [0.2, 0.25) is 11.8 Å². The van der Waals surface area contributed by atoms with E-state index in [9.17, 15) is 24.0 Å². The van der Waals surface area contributed by atoms with Crippen molar-refractivity contribution < 1.29 is 33.8 Å². The van der Waals surface area contributed by atoms with Crippen LogP contribution in [0.1, 0.15) is 46.9 Å². The minimum Gasteiger partial charge on any atom is -0.479 e. The van der Waals surface area contributed by atoms with E-state index < -0.39 is 41.7 Å².